The third-order valence-corrected chi connectivity index (χ3v) is 4.39. The highest BCUT2D eigenvalue weighted by Crippen LogP contribution is 2.21. The van der Waals surface area contributed by atoms with E-state index in [1.165, 1.54) is 0 Å². The van der Waals surface area contributed by atoms with Crippen molar-refractivity contribution in [2.24, 2.45) is 0 Å². The van der Waals surface area contributed by atoms with Gasteiger partial charge in [-0.15, -0.1) is 0 Å². The Morgan fingerprint density at radius 1 is 1.33 bits per heavy atom. The SMILES string of the molecule is C[C@@H](NS(=O)(=O)c1ccc(C(=O)O)o1)c1cccc(Cl)c1. The fourth-order valence-electron chi connectivity index (χ4n) is 1.71. The number of sulfonamides is 1. The van der Waals surface area contributed by atoms with E-state index in [9.17, 15) is 13.2 Å². The molecule has 0 aliphatic rings. The molecular formula is C13H12ClNO5S. The average Bonchev–Trinajstić information content (AvgIpc) is 2.88. The lowest BCUT2D eigenvalue weighted by Crippen LogP contribution is -2.26. The maximum atomic E-state index is 12.1. The molecule has 1 heterocycles. The highest BCUT2D eigenvalue weighted by atomic mass is 35.5. The van der Waals surface area contributed by atoms with E-state index < -0.39 is 32.9 Å². The molecule has 0 fully saturated rings. The van der Waals surface area contributed by atoms with Gasteiger partial charge in [0.1, 0.15) is 0 Å². The van der Waals surface area contributed by atoms with Crippen molar-refractivity contribution < 1.29 is 22.7 Å². The Hall–Kier alpha value is -1.83. The summed E-state index contributed by atoms with van der Waals surface area (Å²) in [6.07, 6.45) is 0. The van der Waals surface area contributed by atoms with Crippen LogP contribution < -0.4 is 4.72 Å². The van der Waals surface area contributed by atoms with E-state index in [0.29, 0.717) is 10.6 Å². The van der Waals surface area contributed by atoms with Gasteiger partial charge in [-0.05, 0) is 36.8 Å². The van der Waals surface area contributed by atoms with Crippen LogP contribution in [0.4, 0.5) is 0 Å². The lowest BCUT2D eigenvalue weighted by atomic mass is 10.1. The summed E-state index contributed by atoms with van der Waals surface area (Å²) in [7, 11) is -3.96. The molecule has 2 rings (SSSR count). The molecule has 1 aromatic heterocycles. The number of carboxylic acid groups (broad SMARTS) is 1. The van der Waals surface area contributed by atoms with Gasteiger partial charge in [0.2, 0.25) is 10.9 Å². The molecular weight excluding hydrogens is 318 g/mol. The quantitative estimate of drug-likeness (QED) is 0.879. The molecule has 21 heavy (non-hydrogen) atoms. The van der Waals surface area contributed by atoms with Crippen LogP contribution in [0.3, 0.4) is 0 Å². The summed E-state index contributed by atoms with van der Waals surface area (Å²) in [4.78, 5) is 10.7. The molecule has 0 saturated heterocycles. The van der Waals surface area contributed by atoms with Crippen LogP contribution in [0.5, 0.6) is 0 Å². The Bertz CT molecular complexity index is 768. The second-order valence-corrected chi connectivity index (χ2v) is 6.40. The third kappa shape index (κ3) is 3.63. The molecule has 0 aliphatic carbocycles. The molecule has 0 amide bonds. The van der Waals surface area contributed by atoms with E-state index in [-0.39, 0.29) is 0 Å². The summed E-state index contributed by atoms with van der Waals surface area (Å²) in [5, 5.41) is 8.77. The minimum Gasteiger partial charge on any atom is -0.475 e. The first-order valence-corrected chi connectivity index (χ1v) is 7.76. The number of hydrogen-bond donors (Lipinski definition) is 2. The summed E-state index contributed by atoms with van der Waals surface area (Å²) in [6.45, 7) is 1.64. The first-order chi connectivity index (χ1) is 9.79. The Morgan fingerprint density at radius 2 is 2.05 bits per heavy atom. The minimum atomic E-state index is -3.96. The first kappa shape index (κ1) is 15.6. The van der Waals surface area contributed by atoms with E-state index in [2.05, 4.69) is 4.72 Å². The van der Waals surface area contributed by atoms with E-state index in [1.807, 2.05) is 0 Å². The predicted octanol–water partition coefficient (Wildman–Crippen LogP) is 2.67. The van der Waals surface area contributed by atoms with Gasteiger partial charge in [0.15, 0.2) is 0 Å². The molecule has 1 aromatic carbocycles. The van der Waals surface area contributed by atoms with Gasteiger partial charge in [-0.1, -0.05) is 23.7 Å². The fourth-order valence-corrected chi connectivity index (χ4v) is 3.08. The molecule has 0 aliphatic heterocycles. The Labute approximate surface area is 126 Å². The Balaban J connectivity index is 2.22. The van der Waals surface area contributed by atoms with Crippen molar-refractivity contribution in [3.8, 4) is 0 Å². The van der Waals surface area contributed by atoms with Crippen molar-refractivity contribution in [1.29, 1.82) is 0 Å². The topological polar surface area (TPSA) is 96.6 Å². The summed E-state index contributed by atoms with van der Waals surface area (Å²) in [5.41, 5.74) is 0.677. The van der Waals surface area contributed by atoms with Crippen molar-refractivity contribution >= 4 is 27.6 Å². The standard InChI is InChI=1S/C13H12ClNO5S/c1-8(9-3-2-4-10(14)7-9)15-21(18,19)12-6-5-11(20-12)13(16)17/h2-8,15H,1H3,(H,16,17)/t8-/m1/s1. The Kier molecular flexibility index (Phi) is 4.36. The van der Waals surface area contributed by atoms with Gasteiger partial charge in [0.25, 0.3) is 10.0 Å². The molecule has 0 bridgehead atoms. The van der Waals surface area contributed by atoms with E-state index in [0.717, 1.165) is 12.1 Å². The highest BCUT2D eigenvalue weighted by molar-refractivity contribution is 7.89. The second-order valence-electron chi connectivity index (χ2n) is 4.32. The minimum absolute atomic E-state index is 0.439. The molecule has 1 atom stereocenters. The lowest BCUT2D eigenvalue weighted by Gasteiger charge is -2.13. The monoisotopic (exact) mass is 329 g/mol. The maximum absolute atomic E-state index is 12.1. The largest absolute Gasteiger partial charge is 0.475 e. The number of carbonyl (C=O) groups is 1. The lowest BCUT2D eigenvalue weighted by molar-refractivity contribution is 0.0656. The maximum Gasteiger partial charge on any atom is 0.371 e. The highest BCUT2D eigenvalue weighted by Gasteiger charge is 2.23. The number of nitrogens with one attached hydrogen (secondary N) is 1. The van der Waals surface area contributed by atoms with Crippen LogP contribution in [-0.4, -0.2) is 19.5 Å². The van der Waals surface area contributed by atoms with Gasteiger partial charge < -0.3 is 9.52 Å². The second kappa shape index (κ2) is 5.88. The summed E-state index contributed by atoms with van der Waals surface area (Å²) in [5.74, 6) is -1.77. The molecule has 0 unspecified atom stereocenters. The smallest absolute Gasteiger partial charge is 0.371 e. The summed E-state index contributed by atoms with van der Waals surface area (Å²) in [6, 6.07) is 8.38. The normalized spacial score (nSPS) is 13.0. The molecule has 0 spiro atoms. The van der Waals surface area contributed by atoms with E-state index >= 15 is 0 Å². The van der Waals surface area contributed by atoms with Crippen LogP contribution in [0.15, 0.2) is 45.9 Å². The summed E-state index contributed by atoms with van der Waals surface area (Å²) < 4.78 is 31.4. The van der Waals surface area contributed by atoms with Gasteiger partial charge in [0.05, 0.1) is 0 Å². The zero-order valence-corrected chi connectivity index (χ0v) is 12.5. The van der Waals surface area contributed by atoms with Crippen molar-refractivity contribution in [2.45, 2.75) is 18.1 Å². The van der Waals surface area contributed by atoms with Crippen LogP contribution in [0.2, 0.25) is 5.02 Å². The molecule has 8 heteroatoms. The van der Waals surface area contributed by atoms with Crippen LogP contribution in [0.25, 0.3) is 0 Å². The van der Waals surface area contributed by atoms with Crippen molar-refractivity contribution in [1.82, 2.24) is 4.72 Å². The van der Waals surface area contributed by atoms with Crippen molar-refractivity contribution in [3.63, 3.8) is 0 Å². The fraction of sp³-hybridized carbons (Fsp3) is 0.154. The number of rotatable bonds is 5. The van der Waals surface area contributed by atoms with Crippen molar-refractivity contribution in [3.05, 3.63) is 52.7 Å². The van der Waals surface area contributed by atoms with E-state index in [4.69, 9.17) is 21.1 Å². The van der Waals surface area contributed by atoms with Crippen LogP contribution >= 0.6 is 11.6 Å². The van der Waals surface area contributed by atoms with Crippen molar-refractivity contribution in [2.75, 3.05) is 0 Å². The predicted molar refractivity (Wildman–Crippen MR) is 75.9 cm³/mol. The third-order valence-electron chi connectivity index (χ3n) is 2.74. The van der Waals surface area contributed by atoms with Crippen LogP contribution in [-0.2, 0) is 10.0 Å². The van der Waals surface area contributed by atoms with Gasteiger partial charge in [0, 0.05) is 11.1 Å². The molecule has 2 N–H and O–H groups in total. The van der Waals surface area contributed by atoms with Gasteiger partial charge in [-0.3, -0.25) is 0 Å². The first-order valence-electron chi connectivity index (χ1n) is 5.90. The number of carboxylic acids is 1. The summed E-state index contributed by atoms with van der Waals surface area (Å²) >= 11 is 5.85. The zero-order valence-electron chi connectivity index (χ0n) is 10.9. The molecule has 0 saturated carbocycles. The average molecular weight is 330 g/mol. The molecule has 112 valence electrons. The number of furan rings is 1. The Morgan fingerprint density at radius 3 is 2.62 bits per heavy atom. The number of benzene rings is 1. The molecule has 2 aromatic rings. The number of hydrogen-bond acceptors (Lipinski definition) is 4. The van der Waals surface area contributed by atoms with Gasteiger partial charge in [-0.25, -0.2) is 17.9 Å². The van der Waals surface area contributed by atoms with Crippen LogP contribution in [0.1, 0.15) is 29.1 Å². The van der Waals surface area contributed by atoms with Crippen LogP contribution in [0, 0.1) is 0 Å². The zero-order chi connectivity index (χ0) is 15.6. The van der Waals surface area contributed by atoms with Gasteiger partial charge >= 0.3 is 5.97 Å². The molecule has 0 radical (unpaired) electrons. The number of halogens is 1. The van der Waals surface area contributed by atoms with E-state index in [1.54, 1.807) is 31.2 Å². The number of aromatic carboxylic acids is 1. The molecule has 6 nitrogen and oxygen atoms in total. The van der Waals surface area contributed by atoms with Gasteiger partial charge in [-0.2, -0.15) is 0 Å².